The lowest BCUT2D eigenvalue weighted by molar-refractivity contribution is 0.133. The minimum absolute atomic E-state index is 0.718. The molecule has 0 saturated carbocycles. The van der Waals surface area contributed by atoms with Gasteiger partial charge < -0.3 is 14.5 Å². The largest absolute Gasteiger partial charge is 0.492 e. The molecule has 0 radical (unpaired) electrons. The first-order chi connectivity index (χ1) is 12.7. The Morgan fingerprint density at radius 2 is 1.73 bits per heavy atom. The van der Waals surface area contributed by atoms with E-state index in [0.29, 0.717) is 0 Å². The second-order valence-electron chi connectivity index (χ2n) is 8.12. The normalized spacial score (nSPS) is 23.2. The molecule has 4 heteroatoms. The number of likely N-dealkylation sites (tertiary alicyclic amines) is 1. The summed E-state index contributed by atoms with van der Waals surface area (Å²) in [7, 11) is 2.22. The Hall–Kier alpha value is -1.10. The van der Waals surface area contributed by atoms with Gasteiger partial charge in [0.25, 0.3) is 0 Å². The SMILES string of the molecule is CC1CCCCN1CCOc1ccc(CCCN2CCN(C)CC2)cc1. The van der Waals surface area contributed by atoms with Crippen LogP contribution in [0.25, 0.3) is 0 Å². The van der Waals surface area contributed by atoms with Crippen molar-refractivity contribution in [1.82, 2.24) is 14.7 Å². The number of hydrogen-bond acceptors (Lipinski definition) is 4. The predicted octanol–water partition coefficient (Wildman–Crippen LogP) is 3.12. The van der Waals surface area contributed by atoms with Crippen LogP contribution >= 0.6 is 0 Å². The summed E-state index contributed by atoms with van der Waals surface area (Å²) in [6.45, 7) is 11.5. The van der Waals surface area contributed by atoms with E-state index in [1.165, 1.54) is 70.5 Å². The van der Waals surface area contributed by atoms with Crippen molar-refractivity contribution in [3.05, 3.63) is 29.8 Å². The summed E-state index contributed by atoms with van der Waals surface area (Å²) in [6.07, 6.45) is 6.47. The number of piperidine rings is 1. The molecule has 0 aromatic heterocycles. The highest BCUT2D eigenvalue weighted by atomic mass is 16.5. The Morgan fingerprint density at radius 3 is 2.46 bits per heavy atom. The van der Waals surface area contributed by atoms with Gasteiger partial charge in [0.2, 0.25) is 0 Å². The number of piperazine rings is 1. The lowest BCUT2D eigenvalue weighted by Gasteiger charge is -2.33. The molecule has 0 amide bonds. The summed E-state index contributed by atoms with van der Waals surface area (Å²) in [6, 6.07) is 9.48. The number of likely N-dealkylation sites (N-methyl/N-ethyl adjacent to an activating group) is 1. The first-order valence-corrected chi connectivity index (χ1v) is 10.6. The fourth-order valence-electron chi connectivity index (χ4n) is 4.10. The standard InChI is InChI=1S/C22H37N3O/c1-20-6-3-4-13-25(20)18-19-26-22-10-8-21(9-11-22)7-5-12-24-16-14-23(2)15-17-24/h8-11,20H,3-7,12-19H2,1-2H3. The smallest absolute Gasteiger partial charge is 0.119 e. The molecular formula is C22H37N3O. The van der Waals surface area contributed by atoms with E-state index in [-0.39, 0.29) is 0 Å². The highest BCUT2D eigenvalue weighted by Gasteiger charge is 2.17. The monoisotopic (exact) mass is 359 g/mol. The second-order valence-corrected chi connectivity index (χ2v) is 8.12. The van der Waals surface area contributed by atoms with Gasteiger partial charge in [0.1, 0.15) is 12.4 Å². The Labute approximate surface area is 160 Å². The van der Waals surface area contributed by atoms with Gasteiger partial charge in [-0.1, -0.05) is 18.6 Å². The molecule has 2 heterocycles. The van der Waals surface area contributed by atoms with Crippen molar-refractivity contribution >= 4 is 0 Å². The molecule has 1 aromatic rings. The van der Waals surface area contributed by atoms with Crippen LogP contribution in [0.3, 0.4) is 0 Å². The molecule has 3 rings (SSSR count). The molecule has 0 N–H and O–H groups in total. The van der Waals surface area contributed by atoms with Crippen molar-refractivity contribution in [2.45, 2.75) is 45.1 Å². The van der Waals surface area contributed by atoms with Crippen molar-refractivity contribution in [1.29, 1.82) is 0 Å². The van der Waals surface area contributed by atoms with Crippen molar-refractivity contribution in [3.8, 4) is 5.75 Å². The van der Waals surface area contributed by atoms with E-state index in [0.717, 1.165) is 31.4 Å². The molecule has 1 atom stereocenters. The van der Waals surface area contributed by atoms with Crippen LogP contribution in [-0.2, 0) is 6.42 Å². The van der Waals surface area contributed by atoms with E-state index in [1.807, 2.05) is 0 Å². The molecule has 0 spiro atoms. The Balaban J connectivity index is 1.31. The molecular weight excluding hydrogens is 322 g/mol. The molecule has 2 saturated heterocycles. The zero-order valence-electron chi connectivity index (χ0n) is 16.8. The van der Waals surface area contributed by atoms with Crippen LogP contribution in [0.1, 0.15) is 38.2 Å². The maximum atomic E-state index is 5.97. The van der Waals surface area contributed by atoms with Gasteiger partial charge in [-0.3, -0.25) is 4.90 Å². The van der Waals surface area contributed by atoms with E-state index in [2.05, 4.69) is 52.9 Å². The average molecular weight is 360 g/mol. The lowest BCUT2D eigenvalue weighted by atomic mass is 10.0. The van der Waals surface area contributed by atoms with Gasteiger partial charge in [-0.05, 0) is 70.4 Å². The molecule has 4 nitrogen and oxygen atoms in total. The van der Waals surface area contributed by atoms with Crippen LogP contribution in [0.4, 0.5) is 0 Å². The van der Waals surface area contributed by atoms with Crippen molar-refractivity contribution < 1.29 is 4.74 Å². The first-order valence-electron chi connectivity index (χ1n) is 10.6. The van der Waals surface area contributed by atoms with Crippen molar-refractivity contribution in [3.63, 3.8) is 0 Å². The van der Waals surface area contributed by atoms with Crippen LogP contribution in [0.2, 0.25) is 0 Å². The number of hydrogen-bond donors (Lipinski definition) is 0. The third-order valence-corrected chi connectivity index (χ3v) is 6.05. The molecule has 0 aliphatic carbocycles. The van der Waals surface area contributed by atoms with Crippen LogP contribution < -0.4 is 4.74 Å². The van der Waals surface area contributed by atoms with Gasteiger partial charge in [0.15, 0.2) is 0 Å². The molecule has 1 unspecified atom stereocenters. The molecule has 26 heavy (non-hydrogen) atoms. The van der Waals surface area contributed by atoms with E-state index in [4.69, 9.17) is 4.74 Å². The summed E-state index contributed by atoms with van der Waals surface area (Å²) in [5.41, 5.74) is 1.43. The maximum Gasteiger partial charge on any atom is 0.119 e. The molecule has 1 aromatic carbocycles. The van der Waals surface area contributed by atoms with Gasteiger partial charge in [-0.2, -0.15) is 0 Å². The fraction of sp³-hybridized carbons (Fsp3) is 0.727. The van der Waals surface area contributed by atoms with E-state index in [1.54, 1.807) is 0 Å². The number of rotatable bonds is 8. The number of benzene rings is 1. The van der Waals surface area contributed by atoms with Gasteiger partial charge >= 0.3 is 0 Å². The molecule has 146 valence electrons. The summed E-state index contributed by atoms with van der Waals surface area (Å²) >= 11 is 0. The van der Waals surface area contributed by atoms with Crippen LogP contribution in [0.15, 0.2) is 24.3 Å². The number of aryl methyl sites for hydroxylation is 1. The lowest BCUT2D eigenvalue weighted by Crippen LogP contribution is -2.44. The van der Waals surface area contributed by atoms with Gasteiger partial charge in [-0.15, -0.1) is 0 Å². The topological polar surface area (TPSA) is 19.0 Å². The minimum atomic E-state index is 0.718. The highest BCUT2D eigenvalue weighted by Crippen LogP contribution is 2.17. The quantitative estimate of drug-likeness (QED) is 0.710. The van der Waals surface area contributed by atoms with Crippen LogP contribution in [0.5, 0.6) is 5.75 Å². The van der Waals surface area contributed by atoms with Crippen LogP contribution in [-0.4, -0.2) is 80.2 Å². The van der Waals surface area contributed by atoms with Crippen molar-refractivity contribution in [2.75, 3.05) is 59.5 Å². The summed E-state index contributed by atoms with van der Waals surface area (Å²) < 4.78 is 5.97. The Bertz CT molecular complexity index is 511. The maximum absolute atomic E-state index is 5.97. The second kappa shape index (κ2) is 10.3. The van der Waals surface area contributed by atoms with E-state index < -0.39 is 0 Å². The first kappa shape index (κ1) is 19.7. The third kappa shape index (κ3) is 6.26. The molecule has 2 aliphatic rings. The zero-order chi connectivity index (χ0) is 18.2. The highest BCUT2D eigenvalue weighted by molar-refractivity contribution is 5.27. The Morgan fingerprint density at radius 1 is 0.962 bits per heavy atom. The summed E-state index contributed by atoms with van der Waals surface area (Å²) in [4.78, 5) is 7.58. The minimum Gasteiger partial charge on any atom is -0.492 e. The van der Waals surface area contributed by atoms with Gasteiger partial charge in [0, 0.05) is 38.8 Å². The third-order valence-electron chi connectivity index (χ3n) is 6.05. The molecule has 0 bridgehead atoms. The Kier molecular flexibility index (Phi) is 7.78. The average Bonchev–Trinajstić information content (AvgIpc) is 2.66. The van der Waals surface area contributed by atoms with Gasteiger partial charge in [0.05, 0.1) is 0 Å². The van der Waals surface area contributed by atoms with E-state index in [9.17, 15) is 0 Å². The predicted molar refractivity (Wildman–Crippen MR) is 109 cm³/mol. The fourth-order valence-corrected chi connectivity index (χ4v) is 4.10. The van der Waals surface area contributed by atoms with Gasteiger partial charge in [-0.25, -0.2) is 0 Å². The number of ether oxygens (including phenoxy) is 1. The van der Waals surface area contributed by atoms with Crippen molar-refractivity contribution in [2.24, 2.45) is 0 Å². The zero-order valence-corrected chi connectivity index (χ0v) is 16.8. The summed E-state index contributed by atoms with van der Waals surface area (Å²) in [5.74, 6) is 1.01. The van der Waals surface area contributed by atoms with Crippen LogP contribution in [0, 0.1) is 0 Å². The number of nitrogens with zero attached hydrogens (tertiary/aromatic N) is 3. The molecule has 2 aliphatic heterocycles. The van der Waals surface area contributed by atoms with E-state index >= 15 is 0 Å². The molecule has 2 fully saturated rings. The summed E-state index contributed by atoms with van der Waals surface area (Å²) in [5, 5.41) is 0.